The highest BCUT2D eigenvalue weighted by Crippen LogP contribution is 2.43. The van der Waals surface area contributed by atoms with Gasteiger partial charge in [0.15, 0.2) is 5.75 Å². The summed E-state index contributed by atoms with van der Waals surface area (Å²) in [4.78, 5) is 24.9. The summed E-state index contributed by atoms with van der Waals surface area (Å²) in [5, 5.41) is 14.7. The predicted molar refractivity (Wildman–Crippen MR) is 66.8 cm³/mol. The molecule has 0 aliphatic rings. The van der Waals surface area contributed by atoms with Gasteiger partial charge in [-0.05, 0) is 0 Å². The zero-order chi connectivity index (χ0) is 20.6. The Morgan fingerprint density at radius 3 is 2.00 bits per heavy atom. The minimum Gasteiger partial charge on any atom is -0.500 e. The number of H-pyrrole nitrogens is 1. The van der Waals surface area contributed by atoms with E-state index in [1.807, 2.05) is 0 Å². The molecule has 2 N–H and O–H groups in total. The number of rotatable bonds is 3. The van der Waals surface area contributed by atoms with Crippen LogP contribution < -0.4 is 9.47 Å². The van der Waals surface area contributed by atoms with Gasteiger partial charge in [0, 0.05) is 6.20 Å². The molecule has 0 spiro atoms. The number of esters is 2. The molecule has 27 heavy (non-hydrogen) atoms. The number of nitrogens with zero attached hydrogens (tertiary/aromatic N) is 2. The van der Waals surface area contributed by atoms with Gasteiger partial charge in [-0.3, -0.25) is 5.10 Å². The number of pyridine rings is 1. The van der Waals surface area contributed by atoms with E-state index >= 15 is 0 Å². The average molecular weight is 403 g/mol. The van der Waals surface area contributed by atoms with Crippen molar-refractivity contribution in [2.24, 2.45) is 0 Å². The number of halogens is 7. The number of alkyl halides is 6. The van der Waals surface area contributed by atoms with Gasteiger partial charge < -0.3 is 14.6 Å². The van der Waals surface area contributed by atoms with E-state index in [0.717, 1.165) is 0 Å². The molecule has 0 amide bonds. The average Bonchev–Trinajstić information content (AvgIpc) is 2.95. The molecule has 15 heteroatoms. The summed E-state index contributed by atoms with van der Waals surface area (Å²) in [5.41, 5.74) is -1.46. The Hall–Kier alpha value is -3.39. The van der Waals surface area contributed by atoms with E-state index < -0.39 is 58.7 Å². The summed E-state index contributed by atoms with van der Waals surface area (Å²) in [7, 11) is 0. The Morgan fingerprint density at radius 2 is 1.52 bits per heavy atom. The van der Waals surface area contributed by atoms with E-state index in [1.165, 1.54) is 0 Å². The van der Waals surface area contributed by atoms with E-state index in [2.05, 4.69) is 19.6 Å². The maximum Gasteiger partial charge on any atom is 0.491 e. The zero-order valence-electron chi connectivity index (χ0n) is 12.3. The number of carbonyl (C=O) groups is 2. The minimum atomic E-state index is -5.58. The SMILES string of the molecule is O=C(Oc1ncc(-c2cn[nH]c2F)c(OC(=O)C(F)(F)F)c1O)C(F)(F)F. The quantitative estimate of drug-likeness (QED) is 0.597. The molecule has 0 radical (unpaired) electrons. The number of hydrogen-bond donors (Lipinski definition) is 2. The molecule has 0 atom stereocenters. The first kappa shape index (κ1) is 19.9. The van der Waals surface area contributed by atoms with Crippen molar-refractivity contribution in [1.82, 2.24) is 15.2 Å². The second-order valence-corrected chi connectivity index (χ2v) is 4.53. The summed E-state index contributed by atoms with van der Waals surface area (Å²) < 4.78 is 95.0. The van der Waals surface area contributed by atoms with Gasteiger partial charge in [0.25, 0.3) is 5.88 Å². The monoisotopic (exact) mass is 403 g/mol. The maximum absolute atomic E-state index is 13.6. The number of carbonyl (C=O) groups excluding carboxylic acids is 2. The molecule has 2 aromatic rings. The van der Waals surface area contributed by atoms with Crippen molar-refractivity contribution in [2.45, 2.75) is 12.4 Å². The Bertz CT molecular complexity index is 890. The van der Waals surface area contributed by atoms with Crippen LogP contribution in [0.4, 0.5) is 30.7 Å². The van der Waals surface area contributed by atoms with Crippen molar-refractivity contribution in [1.29, 1.82) is 0 Å². The minimum absolute atomic E-state index is 0.394. The van der Waals surface area contributed by atoms with E-state index in [9.17, 15) is 45.4 Å². The number of ether oxygens (including phenoxy) is 2. The summed E-state index contributed by atoms with van der Waals surface area (Å²) >= 11 is 0. The molecule has 2 heterocycles. The molecule has 0 aliphatic carbocycles. The highest BCUT2D eigenvalue weighted by atomic mass is 19.4. The van der Waals surface area contributed by atoms with Crippen LogP contribution in [0.5, 0.6) is 17.4 Å². The van der Waals surface area contributed by atoms with Crippen LogP contribution in [0, 0.1) is 5.95 Å². The van der Waals surface area contributed by atoms with Gasteiger partial charge in [-0.15, -0.1) is 0 Å². The fraction of sp³-hybridized carbons (Fsp3) is 0.167. The van der Waals surface area contributed by atoms with Crippen molar-refractivity contribution in [2.75, 3.05) is 0 Å². The lowest BCUT2D eigenvalue weighted by Gasteiger charge is -2.14. The first-order chi connectivity index (χ1) is 12.3. The molecular formula is C12H4F7N3O5. The van der Waals surface area contributed by atoms with Crippen LogP contribution >= 0.6 is 0 Å². The topological polar surface area (TPSA) is 114 Å². The number of aromatic amines is 1. The molecule has 0 aromatic carbocycles. The van der Waals surface area contributed by atoms with Gasteiger partial charge in [-0.25, -0.2) is 14.6 Å². The van der Waals surface area contributed by atoms with Crippen LogP contribution in [0.3, 0.4) is 0 Å². The van der Waals surface area contributed by atoms with Crippen LogP contribution in [-0.2, 0) is 9.59 Å². The third-order valence-corrected chi connectivity index (χ3v) is 2.70. The second kappa shape index (κ2) is 6.73. The van der Waals surface area contributed by atoms with Gasteiger partial charge in [-0.1, -0.05) is 0 Å². The molecule has 0 bridgehead atoms. The van der Waals surface area contributed by atoms with Gasteiger partial charge in [-0.2, -0.15) is 35.8 Å². The molecule has 0 aliphatic heterocycles. The molecule has 2 rings (SSSR count). The standard InChI is InChI=1S/C12H4F7N3O5/c13-7-4(2-21-22-7)3-1-20-8(27-10(25)12(17,18)19)5(23)6(3)26-9(24)11(14,15)16/h1-2,23H,(H,21,22). The van der Waals surface area contributed by atoms with Gasteiger partial charge in [0.05, 0.1) is 17.3 Å². The normalized spacial score (nSPS) is 12.0. The predicted octanol–water partition coefficient (Wildman–Crippen LogP) is 2.25. The fourth-order valence-corrected chi connectivity index (χ4v) is 1.59. The van der Waals surface area contributed by atoms with E-state index in [4.69, 9.17) is 0 Å². The number of nitrogens with one attached hydrogen (secondary N) is 1. The van der Waals surface area contributed by atoms with Crippen molar-refractivity contribution >= 4 is 11.9 Å². The first-order valence-electron chi connectivity index (χ1n) is 6.31. The summed E-state index contributed by atoms with van der Waals surface area (Å²) in [6, 6.07) is 0. The van der Waals surface area contributed by atoms with Crippen molar-refractivity contribution in [3.63, 3.8) is 0 Å². The lowest BCUT2D eigenvalue weighted by Crippen LogP contribution is -2.29. The van der Waals surface area contributed by atoms with Crippen LogP contribution in [-0.4, -0.2) is 44.6 Å². The van der Waals surface area contributed by atoms with E-state index in [1.54, 1.807) is 5.10 Å². The lowest BCUT2D eigenvalue weighted by molar-refractivity contribution is -0.190. The molecule has 146 valence electrons. The Balaban J connectivity index is 2.56. The Labute approximate surface area is 142 Å². The highest BCUT2D eigenvalue weighted by molar-refractivity contribution is 5.84. The number of aromatic nitrogens is 3. The number of hydrogen-bond acceptors (Lipinski definition) is 7. The van der Waals surface area contributed by atoms with Crippen LogP contribution in [0.2, 0.25) is 0 Å². The molecule has 0 saturated carbocycles. The van der Waals surface area contributed by atoms with Crippen LogP contribution in [0.15, 0.2) is 12.4 Å². The Morgan fingerprint density at radius 1 is 0.963 bits per heavy atom. The zero-order valence-corrected chi connectivity index (χ0v) is 12.3. The lowest BCUT2D eigenvalue weighted by atomic mass is 10.1. The molecule has 0 unspecified atom stereocenters. The summed E-state index contributed by atoms with van der Waals surface area (Å²) in [5.74, 6) is -11.7. The van der Waals surface area contributed by atoms with Crippen LogP contribution in [0.1, 0.15) is 0 Å². The maximum atomic E-state index is 13.6. The fourth-order valence-electron chi connectivity index (χ4n) is 1.59. The molecular weight excluding hydrogens is 399 g/mol. The molecule has 0 fully saturated rings. The summed E-state index contributed by atoms with van der Waals surface area (Å²) in [6.45, 7) is 0. The molecule has 8 nitrogen and oxygen atoms in total. The highest BCUT2D eigenvalue weighted by Gasteiger charge is 2.44. The van der Waals surface area contributed by atoms with Gasteiger partial charge >= 0.3 is 24.3 Å². The summed E-state index contributed by atoms with van der Waals surface area (Å²) in [6.07, 6.45) is -10.0. The van der Waals surface area contributed by atoms with Crippen LogP contribution in [0.25, 0.3) is 11.1 Å². The smallest absolute Gasteiger partial charge is 0.491 e. The number of aromatic hydroxyl groups is 1. The van der Waals surface area contributed by atoms with Crippen molar-refractivity contribution in [3.8, 4) is 28.5 Å². The second-order valence-electron chi connectivity index (χ2n) is 4.53. The molecule has 0 saturated heterocycles. The van der Waals surface area contributed by atoms with Crippen molar-refractivity contribution in [3.05, 3.63) is 18.3 Å². The van der Waals surface area contributed by atoms with E-state index in [0.29, 0.717) is 12.4 Å². The van der Waals surface area contributed by atoms with Gasteiger partial charge in [0.2, 0.25) is 11.7 Å². The van der Waals surface area contributed by atoms with Gasteiger partial charge in [0.1, 0.15) is 0 Å². The van der Waals surface area contributed by atoms with E-state index in [-0.39, 0.29) is 0 Å². The largest absolute Gasteiger partial charge is 0.500 e. The molecule has 2 aromatic heterocycles. The third kappa shape index (κ3) is 4.24. The third-order valence-electron chi connectivity index (χ3n) is 2.70. The first-order valence-corrected chi connectivity index (χ1v) is 6.31. The Kier molecular flexibility index (Phi) is 4.97. The van der Waals surface area contributed by atoms with Crippen molar-refractivity contribution < 1.29 is 54.9 Å².